The molecule has 0 aliphatic rings. The van der Waals surface area contributed by atoms with Crippen molar-refractivity contribution in [2.24, 2.45) is 0 Å². The van der Waals surface area contributed by atoms with Crippen LogP contribution in [0.1, 0.15) is 22.3 Å². The molecule has 2 heteroatoms. The van der Waals surface area contributed by atoms with E-state index in [4.69, 9.17) is 0 Å². The summed E-state index contributed by atoms with van der Waals surface area (Å²) in [5, 5.41) is 0. The third kappa shape index (κ3) is 2.90. The van der Waals surface area contributed by atoms with E-state index >= 15 is 0 Å². The first-order valence-corrected chi connectivity index (χ1v) is 5.24. The average molecular weight is 205 g/mol. The van der Waals surface area contributed by atoms with Gasteiger partial charge in [-0.2, -0.15) is 0 Å². The lowest BCUT2D eigenvalue weighted by Crippen LogP contribution is -2.20. The Hall–Kier alpha value is -1.15. The number of nitrogens with zero attached hydrogens (tertiary/aromatic N) is 1. The third-order valence-corrected chi connectivity index (χ3v) is 3.00. The quantitative estimate of drug-likeness (QED) is 0.703. The minimum Gasteiger partial charge on any atom is -0.302 e. The molecule has 1 rings (SSSR count). The van der Waals surface area contributed by atoms with E-state index in [0.29, 0.717) is 6.54 Å². The number of hydrogen-bond acceptors (Lipinski definition) is 2. The van der Waals surface area contributed by atoms with Crippen LogP contribution in [0.4, 0.5) is 0 Å². The molecular weight excluding hydrogens is 186 g/mol. The Morgan fingerprint density at radius 2 is 1.87 bits per heavy atom. The van der Waals surface area contributed by atoms with Crippen molar-refractivity contribution in [2.75, 3.05) is 13.6 Å². The topological polar surface area (TPSA) is 20.3 Å². The number of hydrogen-bond donors (Lipinski definition) is 0. The largest absolute Gasteiger partial charge is 0.302 e. The first kappa shape index (κ1) is 11.9. The highest BCUT2D eigenvalue weighted by molar-refractivity contribution is 5.52. The van der Waals surface area contributed by atoms with Gasteiger partial charge in [0.05, 0.1) is 6.54 Å². The van der Waals surface area contributed by atoms with Crippen molar-refractivity contribution in [2.45, 2.75) is 27.3 Å². The van der Waals surface area contributed by atoms with E-state index in [0.717, 1.165) is 12.8 Å². The predicted molar refractivity (Wildman–Crippen MR) is 63.1 cm³/mol. The van der Waals surface area contributed by atoms with Crippen LogP contribution in [0.15, 0.2) is 12.1 Å². The predicted octanol–water partition coefficient (Wildman–Crippen LogP) is 2.24. The summed E-state index contributed by atoms with van der Waals surface area (Å²) in [5.41, 5.74) is 5.33. The molecule has 1 aromatic carbocycles. The maximum Gasteiger partial charge on any atom is 0.133 e. The maximum atomic E-state index is 10.4. The van der Waals surface area contributed by atoms with E-state index in [9.17, 15) is 4.79 Å². The second kappa shape index (κ2) is 5.08. The zero-order valence-corrected chi connectivity index (χ0v) is 10.0. The highest BCUT2D eigenvalue weighted by Gasteiger charge is 2.05. The minimum atomic E-state index is 0.492. The molecule has 0 radical (unpaired) electrons. The summed E-state index contributed by atoms with van der Waals surface area (Å²) in [5.74, 6) is 0. The first-order valence-electron chi connectivity index (χ1n) is 5.24. The summed E-state index contributed by atoms with van der Waals surface area (Å²) in [6, 6.07) is 4.30. The number of benzene rings is 1. The van der Waals surface area contributed by atoms with Gasteiger partial charge in [0, 0.05) is 6.54 Å². The van der Waals surface area contributed by atoms with Crippen LogP contribution in [-0.4, -0.2) is 24.8 Å². The monoisotopic (exact) mass is 205 g/mol. The zero-order valence-electron chi connectivity index (χ0n) is 10.0. The second-order valence-corrected chi connectivity index (χ2v) is 4.16. The van der Waals surface area contributed by atoms with Crippen molar-refractivity contribution < 1.29 is 4.79 Å². The van der Waals surface area contributed by atoms with Gasteiger partial charge in [0.15, 0.2) is 0 Å². The molecule has 0 bridgehead atoms. The molecule has 0 amide bonds. The Kier molecular flexibility index (Phi) is 4.04. The molecule has 0 heterocycles. The summed E-state index contributed by atoms with van der Waals surface area (Å²) >= 11 is 0. The molecule has 0 aliphatic carbocycles. The molecule has 15 heavy (non-hydrogen) atoms. The van der Waals surface area contributed by atoms with Gasteiger partial charge in [-0.15, -0.1) is 0 Å². The Morgan fingerprint density at radius 1 is 1.20 bits per heavy atom. The van der Waals surface area contributed by atoms with Crippen LogP contribution < -0.4 is 0 Å². The summed E-state index contributed by atoms with van der Waals surface area (Å²) in [4.78, 5) is 12.4. The Balaban J connectivity index is 2.86. The fourth-order valence-electron chi connectivity index (χ4n) is 1.67. The molecule has 0 N–H and O–H groups in total. The molecule has 2 nitrogen and oxygen atoms in total. The summed E-state index contributed by atoms with van der Waals surface area (Å²) in [6.45, 7) is 7.75. The molecule has 0 saturated carbocycles. The smallest absolute Gasteiger partial charge is 0.133 e. The lowest BCUT2D eigenvalue weighted by atomic mass is 9.99. The SMILES string of the molecule is Cc1ccc(CN(C)CC=O)c(C)c1C. The molecule has 0 fully saturated rings. The van der Waals surface area contributed by atoms with Crippen LogP contribution in [0.2, 0.25) is 0 Å². The van der Waals surface area contributed by atoms with Gasteiger partial charge in [-0.05, 0) is 50.1 Å². The van der Waals surface area contributed by atoms with Crippen LogP contribution in [0.5, 0.6) is 0 Å². The molecule has 0 aromatic heterocycles. The number of aldehydes is 1. The van der Waals surface area contributed by atoms with Crippen LogP contribution >= 0.6 is 0 Å². The van der Waals surface area contributed by atoms with Gasteiger partial charge < -0.3 is 4.79 Å². The molecule has 0 spiro atoms. The number of carbonyl (C=O) groups excluding carboxylic acids is 1. The van der Waals surface area contributed by atoms with E-state index in [-0.39, 0.29) is 0 Å². The fraction of sp³-hybridized carbons (Fsp3) is 0.462. The Bertz CT molecular complexity index is 358. The number of aryl methyl sites for hydroxylation is 1. The lowest BCUT2D eigenvalue weighted by molar-refractivity contribution is -0.108. The summed E-state index contributed by atoms with van der Waals surface area (Å²) in [6.07, 6.45) is 0.941. The van der Waals surface area contributed by atoms with Crippen molar-refractivity contribution in [1.29, 1.82) is 0 Å². The van der Waals surface area contributed by atoms with Gasteiger partial charge in [0.2, 0.25) is 0 Å². The van der Waals surface area contributed by atoms with Crippen molar-refractivity contribution in [1.82, 2.24) is 4.90 Å². The molecule has 0 aliphatic heterocycles. The van der Waals surface area contributed by atoms with E-state index in [1.165, 1.54) is 22.3 Å². The highest BCUT2D eigenvalue weighted by Crippen LogP contribution is 2.18. The number of rotatable bonds is 4. The van der Waals surface area contributed by atoms with Gasteiger partial charge in [-0.3, -0.25) is 4.90 Å². The standard InChI is InChI=1S/C13H19NO/c1-10-5-6-13(12(3)11(10)2)9-14(4)7-8-15/h5-6,8H,7,9H2,1-4H3. The van der Waals surface area contributed by atoms with Crippen molar-refractivity contribution >= 4 is 6.29 Å². The normalized spacial score (nSPS) is 10.7. The first-order chi connectivity index (χ1) is 7.06. The van der Waals surface area contributed by atoms with Crippen LogP contribution in [0.3, 0.4) is 0 Å². The van der Waals surface area contributed by atoms with E-state index in [1.54, 1.807) is 0 Å². The lowest BCUT2D eigenvalue weighted by Gasteiger charge is -2.17. The van der Waals surface area contributed by atoms with E-state index in [2.05, 4.69) is 32.9 Å². The van der Waals surface area contributed by atoms with Crippen molar-refractivity contribution in [3.05, 3.63) is 34.4 Å². The molecule has 0 atom stereocenters. The number of likely N-dealkylation sites (N-methyl/N-ethyl adjacent to an activating group) is 1. The van der Waals surface area contributed by atoms with Gasteiger partial charge in [0.1, 0.15) is 6.29 Å². The third-order valence-electron chi connectivity index (χ3n) is 3.00. The van der Waals surface area contributed by atoms with Gasteiger partial charge >= 0.3 is 0 Å². The average Bonchev–Trinajstić information content (AvgIpc) is 2.20. The van der Waals surface area contributed by atoms with Gasteiger partial charge in [-0.1, -0.05) is 12.1 Å². The van der Waals surface area contributed by atoms with Gasteiger partial charge in [-0.25, -0.2) is 0 Å². The molecule has 82 valence electrons. The molecular formula is C13H19NO. The van der Waals surface area contributed by atoms with Crippen LogP contribution in [-0.2, 0) is 11.3 Å². The fourth-order valence-corrected chi connectivity index (χ4v) is 1.67. The summed E-state index contributed by atoms with van der Waals surface area (Å²) in [7, 11) is 1.96. The minimum absolute atomic E-state index is 0.492. The highest BCUT2D eigenvalue weighted by atomic mass is 16.1. The van der Waals surface area contributed by atoms with Crippen molar-refractivity contribution in [3.63, 3.8) is 0 Å². The zero-order chi connectivity index (χ0) is 11.4. The van der Waals surface area contributed by atoms with E-state index < -0.39 is 0 Å². The molecule has 0 unspecified atom stereocenters. The second-order valence-electron chi connectivity index (χ2n) is 4.16. The van der Waals surface area contributed by atoms with Crippen LogP contribution in [0, 0.1) is 20.8 Å². The summed E-state index contributed by atoms with van der Waals surface area (Å²) < 4.78 is 0. The molecule has 0 saturated heterocycles. The van der Waals surface area contributed by atoms with Gasteiger partial charge in [0.25, 0.3) is 0 Å². The maximum absolute atomic E-state index is 10.4. The van der Waals surface area contributed by atoms with Crippen LogP contribution in [0.25, 0.3) is 0 Å². The number of carbonyl (C=O) groups is 1. The van der Waals surface area contributed by atoms with Crippen molar-refractivity contribution in [3.8, 4) is 0 Å². The Morgan fingerprint density at radius 3 is 2.47 bits per heavy atom. The van der Waals surface area contributed by atoms with E-state index in [1.807, 2.05) is 11.9 Å². The Labute approximate surface area is 91.9 Å². The molecule has 1 aromatic rings.